The molecule has 0 amide bonds. The topological polar surface area (TPSA) is 0 Å². The SMILES string of the molecule is CCCCC1=CCCCCC(CC)C1. The van der Waals surface area contributed by atoms with Crippen molar-refractivity contribution < 1.29 is 0 Å². The molecule has 1 atom stereocenters. The Morgan fingerprint density at radius 1 is 1.29 bits per heavy atom. The molecule has 0 nitrogen and oxygen atoms in total. The van der Waals surface area contributed by atoms with E-state index in [1.165, 1.54) is 57.8 Å². The second-order valence-electron chi connectivity index (χ2n) is 4.73. The van der Waals surface area contributed by atoms with Gasteiger partial charge in [-0.1, -0.05) is 51.2 Å². The van der Waals surface area contributed by atoms with Crippen LogP contribution in [0.15, 0.2) is 11.6 Å². The molecule has 1 rings (SSSR count). The molecule has 1 aliphatic carbocycles. The van der Waals surface area contributed by atoms with Crippen molar-refractivity contribution in [2.45, 2.75) is 71.6 Å². The first-order valence-corrected chi connectivity index (χ1v) is 6.54. The van der Waals surface area contributed by atoms with E-state index in [9.17, 15) is 0 Å². The Morgan fingerprint density at radius 3 is 2.86 bits per heavy atom. The lowest BCUT2D eigenvalue weighted by Gasteiger charge is -2.19. The molecule has 1 unspecified atom stereocenters. The Kier molecular flexibility index (Phi) is 5.98. The van der Waals surface area contributed by atoms with Gasteiger partial charge in [-0.2, -0.15) is 0 Å². The minimum absolute atomic E-state index is 0.985. The van der Waals surface area contributed by atoms with Crippen LogP contribution in [0.5, 0.6) is 0 Å². The molecule has 0 aromatic heterocycles. The largest absolute Gasteiger partial charge is 0.0853 e. The fourth-order valence-electron chi connectivity index (χ4n) is 2.40. The molecule has 0 fully saturated rings. The van der Waals surface area contributed by atoms with Crippen LogP contribution >= 0.6 is 0 Å². The van der Waals surface area contributed by atoms with Gasteiger partial charge in [0.15, 0.2) is 0 Å². The van der Waals surface area contributed by atoms with Gasteiger partial charge in [0.25, 0.3) is 0 Å². The zero-order chi connectivity index (χ0) is 10.2. The molecular weight excluding hydrogens is 168 g/mol. The van der Waals surface area contributed by atoms with Crippen LogP contribution in [0, 0.1) is 5.92 Å². The smallest absolute Gasteiger partial charge is 0.0292 e. The van der Waals surface area contributed by atoms with Crippen LogP contribution in [0.2, 0.25) is 0 Å². The maximum Gasteiger partial charge on any atom is -0.0292 e. The molecule has 0 saturated carbocycles. The summed E-state index contributed by atoms with van der Waals surface area (Å²) in [5.74, 6) is 0.985. The van der Waals surface area contributed by atoms with E-state index in [-0.39, 0.29) is 0 Å². The van der Waals surface area contributed by atoms with Gasteiger partial charge >= 0.3 is 0 Å². The van der Waals surface area contributed by atoms with Crippen molar-refractivity contribution in [3.05, 3.63) is 11.6 Å². The highest BCUT2D eigenvalue weighted by Gasteiger charge is 2.11. The van der Waals surface area contributed by atoms with Crippen LogP contribution in [0.4, 0.5) is 0 Å². The van der Waals surface area contributed by atoms with Crippen LogP contribution < -0.4 is 0 Å². The number of hydrogen-bond donors (Lipinski definition) is 0. The molecule has 0 N–H and O–H groups in total. The lowest BCUT2D eigenvalue weighted by atomic mass is 9.87. The van der Waals surface area contributed by atoms with Crippen LogP contribution in [-0.4, -0.2) is 0 Å². The van der Waals surface area contributed by atoms with Gasteiger partial charge in [-0.3, -0.25) is 0 Å². The van der Waals surface area contributed by atoms with Crippen molar-refractivity contribution in [1.29, 1.82) is 0 Å². The third-order valence-electron chi connectivity index (χ3n) is 3.48. The van der Waals surface area contributed by atoms with E-state index in [1.54, 1.807) is 5.57 Å². The Morgan fingerprint density at radius 2 is 2.14 bits per heavy atom. The summed E-state index contributed by atoms with van der Waals surface area (Å²) in [7, 11) is 0. The Hall–Kier alpha value is -0.260. The van der Waals surface area contributed by atoms with E-state index in [4.69, 9.17) is 0 Å². The second-order valence-corrected chi connectivity index (χ2v) is 4.73. The van der Waals surface area contributed by atoms with E-state index in [1.807, 2.05) is 0 Å². The predicted octanol–water partition coefficient (Wildman–Crippen LogP) is 5.09. The monoisotopic (exact) mass is 194 g/mol. The lowest BCUT2D eigenvalue weighted by Crippen LogP contribution is -2.03. The molecule has 0 aromatic rings. The Balaban J connectivity index is 2.42. The summed E-state index contributed by atoms with van der Waals surface area (Å²) < 4.78 is 0. The minimum Gasteiger partial charge on any atom is -0.0853 e. The Bertz CT molecular complexity index is 167. The van der Waals surface area contributed by atoms with Crippen LogP contribution in [0.1, 0.15) is 71.6 Å². The molecule has 82 valence electrons. The minimum atomic E-state index is 0.985. The van der Waals surface area contributed by atoms with Gasteiger partial charge in [-0.25, -0.2) is 0 Å². The first-order valence-electron chi connectivity index (χ1n) is 6.54. The van der Waals surface area contributed by atoms with Crippen molar-refractivity contribution in [2.75, 3.05) is 0 Å². The quantitative estimate of drug-likeness (QED) is 0.547. The molecule has 14 heavy (non-hydrogen) atoms. The number of unbranched alkanes of at least 4 members (excludes halogenated alkanes) is 1. The van der Waals surface area contributed by atoms with E-state index in [0.717, 1.165) is 5.92 Å². The van der Waals surface area contributed by atoms with Crippen LogP contribution in [-0.2, 0) is 0 Å². The molecule has 0 bridgehead atoms. The van der Waals surface area contributed by atoms with Gasteiger partial charge in [-0.05, 0) is 38.0 Å². The number of rotatable bonds is 4. The molecule has 0 radical (unpaired) electrons. The number of hydrogen-bond acceptors (Lipinski definition) is 0. The highest BCUT2D eigenvalue weighted by Crippen LogP contribution is 2.27. The third-order valence-corrected chi connectivity index (χ3v) is 3.48. The van der Waals surface area contributed by atoms with E-state index < -0.39 is 0 Å². The summed E-state index contributed by atoms with van der Waals surface area (Å²) in [6, 6.07) is 0. The van der Waals surface area contributed by atoms with Gasteiger partial charge in [-0.15, -0.1) is 0 Å². The van der Waals surface area contributed by atoms with Gasteiger partial charge in [0.1, 0.15) is 0 Å². The fraction of sp³-hybridized carbons (Fsp3) is 0.857. The lowest BCUT2D eigenvalue weighted by molar-refractivity contribution is 0.428. The van der Waals surface area contributed by atoms with E-state index >= 15 is 0 Å². The average molecular weight is 194 g/mol. The molecule has 0 saturated heterocycles. The molecule has 0 heterocycles. The van der Waals surface area contributed by atoms with Crippen molar-refractivity contribution in [2.24, 2.45) is 5.92 Å². The summed E-state index contributed by atoms with van der Waals surface area (Å²) in [6.07, 6.45) is 15.1. The molecule has 1 aliphatic rings. The zero-order valence-electron chi connectivity index (χ0n) is 10.0. The Labute approximate surface area is 89.8 Å². The standard InChI is InChI=1S/C14H26/c1-3-5-9-14-11-8-6-7-10-13(4-2)12-14/h11,13H,3-10,12H2,1-2H3. The normalized spacial score (nSPS) is 23.9. The van der Waals surface area contributed by atoms with E-state index in [2.05, 4.69) is 19.9 Å². The molecular formula is C14H26. The van der Waals surface area contributed by atoms with Crippen molar-refractivity contribution in [3.8, 4) is 0 Å². The maximum absolute atomic E-state index is 2.54. The summed E-state index contributed by atoms with van der Waals surface area (Å²) >= 11 is 0. The van der Waals surface area contributed by atoms with Crippen molar-refractivity contribution in [1.82, 2.24) is 0 Å². The fourth-order valence-corrected chi connectivity index (χ4v) is 2.40. The molecule has 0 heteroatoms. The average Bonchev–Trinajstić information content (AvgIpc) is 2.17. The molecule has 0 spiro atoms. The van der Waals surface area contributed by atoms with Gasteiger partial charge in [0.05, 0.1) is 0 Å². The van der Waals surface area contributed by atoms with Crippen molar-refractivity contribution >= 4 is 0 Å². The first kappa shape index (κ1) is 11.8. The van der Waals surface area contributed by atoms with Crippen LogP contribution in [0.25, 0.3) is 0 Å². The van der Waals surface area contributed by atoms with Crippen LogP contribution in [0.3, 0.4) is 0 Å². The van der Waals surface area contributed by atoms with Gasteiger partial charge < -0.3 is 0 Å². The van der Waals surface area contributed by atoms with Gasteiger partial charge in [0.2, 0.25) is 0 Å². The summed E-state index contributed by atoms with van der Waals surface area (Å²) in [5.41, 5.74) is 1.76. The van der Waals surface area contributed by atoms with E-state index in [0.29, 0.717) is 0 Å². The predicted molar refractivity (Wildman–Crippen MR) is 64.5 cm³/mol. The maximum atomic E-state index is 2.54. The summed E-state index contributed by atoms with van der Waals surface area (Å²) in [5, 5.41) is 0. The highest BCUT2D eigenvalue weighted by atomic mass is 14.2. The molecule has 0 aromatic carbocycles. The number of allylic oxidation sites excluding steroid dienone is 2. The summed E-state index contributed by atoms with van der Waals surface area (Å²) in [6.45, 7) is 4.64. The third kappa shape index (κ3) is 4.30. The van der Waals surface area contributed by atoms with Crippen molar-refractivity contribution in [3.63, 3.8) is 0 Å². The second kappa shape index (κ2) is 7.09. The first-order chi connectivity index (χ1) is 6.86. The zero-order valence-corrected chi connectivity index (χ0v) is 10.0. The summed E-state index contributed by atoms with van der Waals surface area (Å²) in [4.78, 5) is 0. The van der Waals surface area contributed by atoms with Gasteiger partial charge in [0, 0.05) is 0 Å². The molecule has 0 aliphatic heterocycles. The highest BCUT2D eigenvalue weighted by molar-refractivity contribution is 5.04.